The highest BCUT2D eigenvalue weighted by Crippen LogP contribution is 2.24. The maximum Gasteiger partial charge on any atom is 0.254 e. The highest BCUT2D eigenvalue weighted by atomic mass is 35.5. The second-order valence-corrected chi connectivity index (χ2v) is 7.09. The second kappa shape index (κ2) is 7.26. The topological polar surface area (TPSA) is 53.9 Å². The molecule has 1 aliphatic rings. The molecule has 114 valence electrons. The van der Waals surface area contributed by atoms with Gasteiger partial charge in [-0.15, -0.1) is 4.83 Å². The average Bonchev–Trinajstić information content (AvgIpc) is 2.35. The predicted molar refractivity (Wildman–Crippen MR) is 75.0 cm³/mol. The van der Waals surface area contributed by atoms with Crippen molar-refractivity contribution in [2.75, 3.05) is 33.2 Å². The molecular formula is C11H16Cl3N3O2S. The summed E-state index contributed by atoms with van der Waals surface area (Å²) >= 11 is 11.7. The normalized spacial score (nSPS) is 17.8. The van der Waals surface area contributed by atoms with E-state index in [0.29, 0.717) is 18.1 Å². The van der Waals surface area contributed by atoms with E-state index in [1.807, 2.05) is 0 Å². The van der Waals surface area contributed by atoms with Crippen molar-refractivity contribution in [1.29, 1.82) is 0 Å². The molecule has 9 heteroatoms. The van der Waals surface area contributed by atoms with Gasteiger partial charge in [0.25, 0.3) is 10.0 Å². The zero-order valence-corrected chi connectivity index (χ0v) is 14.0. The van der Waals surface area contributed by atoms with Gasteiger partial charge in [-0.1, -0.05) is 23.2 Å². The third kappa shape index (κ3) is 4.46. The van der Waals surface area contributed by atoms with Crippen molar-refractivity contribution in [3.63, 3.8) is 0 Å². The fraction of sp³-hybridized carbons (Fsp3) is 0.455. The van der Waals surface area contributed by atoms with Crippen molar-refractivity contribution >= 4 is 33.2 Å². The molecule has 2 N–H and O–H groups in total. The lowest BCUT2D eigenvalue weighted by Crippen LogP contribution is -3.12. The Kier molecular flexibility index (Phi) is 6.53. The summed E-state index contributed by atoms with van der Waals surface area (Å²) in [6.07, 6.45) is 0. The van der Waals surface area contributed by atoms with E-state index < -0.39 is 10.0 Å². The molecule has 0 atom stereocenters. The van der Waals surface area contributed by atoms with Crippen LogP contribution < -0.4 is 22.1 Å². The number of quaternary nitrogens is 1. The molecule has 0 aliphatic carbocycles. The van der Waals surface area contributed by atoms with E-state index in [-0.39, 0.29) is 22.3 Å². The quantitative estimate of drug-likeness (QED) is 0.605. The molecule has 0 radical (unpaired) electrons. The number of benzene rings is 1. The van der Waals surface area contributed by atoms with Gasteiger partial charge in [0.2, 0.25) is 0 Å². The van der Waals surface area contributed by atoms with Crippen LogP contribution in [-0.2, 0) is 10.0 Å². The van der Waals surface area contributed by atoms with Gasteiger partial charge in [0.1, 0.15) is 4.90 Å². The Morgan fingerprint density at radius 2 is 1.85 bits per heavy atom. The first-order valence-electron chi connectivity index (χ1n) is 5.92. The largest absolute Gasteiger partial charge is 1.00 e. The second-order valence-electron chi connectivity index (χ2n) is 4.61. The van der Waals surface area contributed by atoms with Crippen LogP contribution in [0.15, 0.2) is 23.1 Å². The van der Waals surface area contributed by atoms with Gasteiger partial charge in [-0.05, 0) is 18.2 Å². The summed E-state index contributed by atoms with van der Waals surface area (Å²) in [4.78, 5) is 3.94. The van der Waals surface area contributed by atoms with E-state index in [1.54, 1.807) is 11.1 Å². The molecule has 1 saturated heterocycles. The molecule has 0 amide bonds. The predicted octanol–water partition coefficient (Wildman–Crippen LogP) is -2.98. The van der Waals surface area contributed by atoms with Crippen molar-refractivity contribution in [2.45, 2.75) is 4.90 Å². The van der Waals surface area contributed by atoms with E-state index in [4.69, 9.17) is 23.2 Å². The SMILES string of the molecule is C[NH+]1CCN(NS(=O)(=O)c2cc(Cl)ccc2Cl)CC1.[Cl-]. The van der Waals surface area contributed by atoms with Crippen LogP contribution in [0.1, 0.15) is 0 Å². The number of hydrazine groups is 1. The summed E-state index contributed by atoms with van der Waals surface area (Å²) < 4.78 is 24.5. The number of sulfonamides is 1. The van der Waals surface area contributed by atoms with Crippen molar-refractivity contribution in [3.05, 3.63) is 28.2 Å². The maximum atomic E-state index is 12.3. The summed E-state index contributed by atoms with van der Waals surface area (Å²) in [5.41, 5.74) is 0. The van der Waals surface area contributed by atoms with Gasteiger partial charge in [-0.3, -0.25) is 0 Å². The molecule has 1 aromatic rings. The zero-order valence-electron chi connectivity index (χ0n) is 10.9. The van der Waals surface area contributed by atoms with E-state index in [2.05, 4.69) is 11.9 Å². The highest BCUT2D eigenvalue weighted by molar-refractivity contribution is 7.89. The fourth-order valence-corrected chi connectivity index (χ4v) is 3.77. The number of hydrogen-bond acceptors (Lipinski definition) is 3. The molecule has 1 heterocycles. The van der Waals surface area contributed by atoms with Crippen molar-refractivity contribution in [1.82, 2.24) is 9.84 Å². The van der Waals surface area contributed by atoms with Crippen molar-refractivity contribution in [2.24, 2.45) is 0 Å². The summed E-state index contributed by atoms with van der Waals surface area (Å²) in [5, 5.41) is 2.20. The van der Waals surface area contributed by atoms with Crippen LogP contribution in [0.4, 0.5) is 0 Å². The Morgan fingerprint density at radius 1 is 1.25 bits per heavy atom. The first-order valence-corrected chi connectivity index (χ1v) is 8.16. The summed E-state index contributed by atoms with van der Waals surface area (Å²) in [6.45, 7) is 3.13. The first kappa shape index (κ1) is 18.0. The molecule has 1 fully saturated rings. The number of likely N-dealkylation sites (N-methyl/N-ethyl adjacent to an activating group) is 1. The minimum absolute atomic E-state index is 0. The number of halogens is 3. The third-order valence-corrected chi connectivity index (χ3v) is 5.14. The van der Waals surface area contributed by atoms with Gasteiger partial charge in [0.15, 0.2) is 0 Å². The van der Waals surface area contributed by atoms with Gasteiger partial charge in [-0.25, -0.2) is 13.4 Å². The highest BCUT2D eigenvalue weighted by Gasteiger charge is 2.24. The van der Waals surface area contributed by atoms with Crippen LogP contribution in [-0.4, -0.2) is 46.7 Å². The lowest BCUT2D eigenvalue weighted by atomic mass is 10.4. The Morgan fingerprint density at radius 3 is 2.45 bits per heavy atom. The van der Waals surface area contributed by atoms with Gasteiger partial charge in [0, 0.05) is 5.02 Å². The van der Waals surface area contributed by atoms with Gasteiger partial charge >= 0.3 is 0 Å². The Labute approximate surface area is 135 Å². The Hall–Kier alpha value is -0.0800. The smallest absolute Gasteiger partial charge is 0.254 e. The molecule has 5 nitrogen and oxygen atoms in total. The third-order valence-electron chi connectivity index (χ3n) is 3.05. The number of piperazine rings is 1. The number of nitrogens with zero attached hydrogens (tertiary/aromatic N) is 1. The van der Waals surface area contributed by atoms with Crippen LogP contribution >= 0.6 is 23.2 Å². The molecule has 2 rings (SSSR count). The van der Waals surface area contributed by atoms with Crippen LogP contribution in [0, 0.1) is 0 Å². The Bertz CT molecular complexity index is 560. The maximum absolute atomic E-state index is 12.3. The summed E-state index contributed by atoms with van der Waals surface area (Å²) in [7, 11) is -1.60. The minimum atomic E-state index is -3.68. The average molecular weight is 361 g/mol. The molecule has 1 aliphatic heterocycles. The number of rotatable bonds is 3. The zero-order chi connectivity index (χ0) is 14.0. The summed E-state index contributed by atoms with van der Waals surface area (Å²) in [5.74, 6) is 0. The number of hydrogen-bond donors (Lipinski definition) is 2. The van der Waals surface area contributed by atoms with Crippen LogP contribution in [0.2, 0.25) is 10.0 Å². The van der Waals surface area contributed by atoms with E-state index in [1.165, 1.54) is 17.0 Å². The molecule has 20 heavy (non-hydrogen) atoms. The lowest BCUT2D eigenvalue weighted by molar-refractivity contribution is -0.884. The molecule has 1 aromatic carbocycles. The summed E-state index contributed by atoms with van der Waals surface area (Å²) in [6, 6.07) is 4.39. The molecule has 0 unspecified atom stereocenters. The van der Waals surface area contributed by atoms with Gasteiger partial charge in [0.05, 0.1) is 38.2 Å². The van der Waals surface area contributed by atoms with Gasteiger partial charge in [-0.2, -0.15) is 0 Å². The molecule has 0 aromatic heterocycles. The molecule has 0 bridgehead atoms. The number of nitrogens with one attached hydrogen (secondary N) is 2. The monoisotopic (exact) mass is 359 g/mol. The van der Waals surface area contributed by atoms with Crippen molar-refractivity contribution < 1.29 is 25.7 Å². The van der Waals surface area contributed by atoms with Crippen LogP contribution in [0.25, 0.3) is 0 Å². The molecule has 0 spiro atoms. The lowest BCUT2D eigenvalue weighted by Gasteiger charge is -2.29. The van der Waals surface area contributed by atoms with E-state index in [0.717, 1.165) is 13.1 Å². The first-order chi connectivity index (χ1) is 8.88. The van der Waals surface area contributed by atoms with Gasteiger partial charge < -0.3 is 17.3 Å². The fourth-order valence-electron chi connectivity index (χ4n) is 1.88. The molecular weight excluding hydrogens is 345 g/mol. The minimum Gasteiger partial charge on any atom is -1.00 e. The van der Waals surface area contributed by atoms with Crippen LogP contribution in [0.3, 0.4) is 0 Å². The van der Waals surface area contributed by atoms with E-state index in [9.17, 15) is 8.42 Å². The van der Waals surface area contributed by atoms with Crippen molar-refractivity contribution in [3.8, 4) is 0 Å². The van der Waals surface area contributed by atoms with Crippen LogP contribution in [0.5, 0.6) is 0 Å². The Balaban J connectivity index is 0.00000200. The molecule has 0 saturated carbocycles. The van der Waals surface area contributed by atoms with E-state index >= 15 is 0 Å². The standard InChI is InChI=1S/C11H15Cl2N3O2S.ClH/c1-15-4-6-16(7-5-15)14-19(17,18)11-8-9(12)2-3-10(11)13;/h2-3,8,14H,4-7H2,1H3;1H.